The highest BCUT2D eigenvalue weighted by molar-refractivity contribution is 5.83. The normalized spacial score (nSPS) is 9.89. The molecule has 0 saturated carbocycles. The summed E-state index contributed by atoms with van der Waals surface area (Å²) in [5.41, 5.74) is 1.61. The maximum absolute atomic E-state index is 11.3. The van der Waals surface area contributed by atoms with Crippen molar-refractivity contribution in [3.05, 3.63) is 72.3 Å². The second-order valence-electron chi connectivity index (χ2n) is 4.04. The third kappa shape index (κ3) is 3.22. The van der Waals surface area contributed by atoms with E-state index in [1.165, 1.54) is 0 Å². The topological polar surface area (TPSA) is 46.5 Å². The molecule has 2 aromatic carbocycles. The summed E-state index contributed by atoms with van der Waals surface area (Å²) in [7, 11) is 0. The largest absolute Gasteiger partial charge is 0.508 e. The molecule has 0 amide bonds. The number of benzene rings is 2. The van der Waals surface area contributed by atoms with Gasteiger partial charge in [-0.3, -0.25) is 0 Å². The molecule has 0 spiro atoms. The summed E-state index contributed by atoms with van der Waals surface area (Å²) in [6.45, 7) is 3.37. The average Bonchev–Trinajstić information content (AvgIpc) is 2.43. The van der Waals surface area contributed by atoms with Crippen LogP contribution in [0.15, 0.2) is 61.2 Å². The van der Waals surface area contributed by atoms with Gasteiger partial charge in [-0.05, 0) is 23.3 Å². The quantitative estimate of drug-likeness (QED) is 0.518. The molecule has 19 heavy (non-hydrogen) atoms. The number of aromatic hydroxyl groups is 1. The van der Waals surface area contributed by atoms with Crippen LogP contribution in [0.2, 0.25) is 0 Å². The lowest BCUT2D eigenvalue weighted by Crippen LogP contribution is -2.05. The monoisotopic (exact) mass is 254 g/mol. The zero-order chi connectivity index (χ0) is 13.7. The van der Waals surface area contributed by atoms with Crippen LogP contribution < -0.4 is 4.74 Å². The predicted molar refractivity (Wildman–Crippen MR) is 73.2 cm³/mol. The molecule has 0 aliphatic rings. The molecule has 0 aliphatic heterocycles. The molecule has 0 aromatic heterocycles. The van der Waals surface area contributed by atoms with E-state index in [0.717, 1.165) is 17.2 Å². The second-order valence-corrected chi connectivity index (χ2v) is 4.04. The third-order valence-corrected chi connectivity index (χ3v) is 2.72. The number of phenolic OH excluding ortho intramolecular Hbond substituents is 1. The zero-order valence-corrected chi connectivity index (χ0v) is 10.4. The van der Waals surface area contributed by atoms with E-state index in [1.54, 1.807) is 24.3 Å². The fraction of sp³-hybridized carbons (Fsp3) is 0.0625. The molecule has 0 saturated heterocycles. The van der Waals surface area contributed by atoms with Gasteiger partial charge in [0.05, 0.1) is 0 Å². The first-order chi connectivity index (χ1) is 9.20. The number of hydrogen-bond acceptors (Lipinski definition) is 3. The zero-order valence-electron chi connectivity index (χ0n) is 10.4. The summed E-state index contributed by atoms with van der Waals surface area (Å²) >= 11 is 0. The highest BCUT2D eigenvalue weighted by Gasteiger charge is 2.09. The smallest absolute Gasteiger partial charge is 0.335 e. The number of ether oxygens (including phenoxy) is 1. The van der Waals surface area contributed by atoms with Crippen LogP contribution in [0.1, 0.15) is 11.1 Å². The molecule has 0 unspecified atom stereocenters. The number of phenols is 1. The van der Waals surface area contributed by atoms with Crippen LogP contribution in [0.4, 0.5) is 0 Å². The average molecular weight is 254 g/mol. The van der Waals surface area contributed by atoms with Gasteiger partial charge in [0, 0.05) is 12.5 Å². The van der Waals surface area contributed by atoms with Gasteiger partial charge >= 0.3 is 5.97 Å². The molecular weight excluding hydrogens is 240 g/mol. The van der Waals surface area contributed by atoms with E-state index < -0.39 is 5.97 Å². The van der Waals surface area contributed by atoms with Gasteiger partial charge in [0.25, 0.3) is 0 Å². The minimum atomic E-state index is -0.496. The van der Waals surface area contributed by atoms with E-state index in [4.69, 9.17) is 4.74 Å². The first-order valence-electron chi connectivity index (χ1n) is 5.89. The van der Waals surface area contributed by atoms with Gasteiger partial charge in [-0.2, -0.15) is 0 Å². The Morgan fingerprint density at radius 1 is 1.11 bits per heavy atom. The number of carbonyl (C=O) groups is 1. The van der Waals surface area contributed by atoms with Gasteiger partial charge in [-0.25, -0.2) is 4.79 Å². The summed E-state index contributed by atoms with van der Waals surface area (Å²) in [5.74, 6) is 0.215. The van der Waals surface area contributed by atoms with Gasteiger partial charge in [-0.15, -0.1) is 0 Å². The molecule has 0 bridgehead atoms. The molecule has 1 N–H and O–H groups in total. The van der Waals surface area contributed by atoms with Crippen molar-refractivity contribution in [2.45, 2.75) is 6.42 Å². The molecule has 3 heteroatoms. The molecule has 3 nitrogen and oxygen atoms in total. The van der Waals surface area contributed by atoms with Crippen molar-refractivity contribution < 1.29 is 14.6 Å². The maximum atomic E-state index is 11.3. The number of rotatable bonds is 4. The van der Waals surface area contributed by atoms with Crippen molar-refractivity contribution >= 4 is 5.97 Å². The minimum Gasteiger partial charge on any atom is -0.508 e. The summed E-state index contributed by atoms with van der Waals surface area (Å²) < 4.78 is 5.17. The lowest BCUT2D eigenvalue weighted by molar-refractivity contribution is -0.129. The summed E-state index contributed by atoms with van der Waals surface area (Å²) in [5, 5.41) is 9.77. The fourth-order valence-electron chi connectivity index (χ4n) is 1.76. The van der Waals surface area contributed by atoms with Crippen molar-refractivity contribution in [3.8, 4) is 11.5 Å². The Hall–Kier alpha value is -2.55. The minimum absolute atomic E-state index is 0.229. The highest BCUT2D eigenvalue weighted by Crippen LogP contribution is 2.25. The van der Waals surface area contributed by atoms with Gasteiger partial charge < -0.3 is 9.84 Å². The van der Waals surface area contributed by atoms with Crippen LogP contribution >= 0.6 is 0 Å². The van der Waals surface area contributed by atoms with Crippen LogP contribution in [0.5, 0.6) is 11.5 Å². The molecule has 2 rings (SSSR count). The number of para-hydroxylation sites is 2. The van der Waals surface area contributed by atoms with E-state index in [2.05, 4.69) is 6.58 Å². The number of hydrogen-bond donors (Lipinski definition) is 1. The lowest BCUT2D eigenvalue weighted by atomic mass is 10.0. The Kier molecular flexibility index (Phi) is 3.98. The Morgan fingerprint density at radius 2 is 1.74 bits per heavy atom. The molecule has 0 radical (unpaired) electrons. The molecule has 0 aliphatic carbocycles. The van der Waals surface area contributed by atoms with Gasteiger partial charge in [0.15, 0.2) is 0 Å². The van der Waals surface area contributed by atoms with Gasteiger partial charge in [0.2, 0.25) is 0 Å². The van der Waals surface area contributed by atoms with Crippen LogP contribution in [0, 0.1) is 0 Å². The Labute approximate surface area is 111 Å². The Balaban J connectivity index is 2.28. The Bertz CT molecular complexity index is 602. The van der Waals surface area contributed by atoms with E-state index in [-0.39, 0.29) is 5.75 Å². The van der Waals surface area contributed by atoms with Crippen LogP contribution in [-0.4, -0.2) is 11.1 Å². The van der Waals surface area contributed by atoms with Crippen molar-refractivity contribution in [3.63, 3.8) is 0 Å². The van der Waals surface area contributed by atoms with Gasteiger partial charge in [0.1, 0.15) is 11.5 Å². The summed E-state index contributed by atoms with van der Waals surface area (Å²) in [4.78, 5) is 11.3. The lowest BCUT2D eigenvalue weighted by Gasteiger charge is -2.09. The molecule has 2 aromatic rings. The van der Waals surface area contributed by atoms with Crippen molar-refractivity contribution in [2.24, 2.45) is 0 Å². The molecule has 0 heterocycles. The van der Waals surface area contributed by atoms with E-state index in [9.17, 15) is 9.90 Å². The molecule has 0 fully saturated rings. The van der Waals surface area contributed by atoms with Crippen LogP contribution in [0.3, 0.4) is 0 Å². The SMILES string of the molecule is C=CC(=O)Oc1ccccc1Cc1ccccc1O. The first-order valence-corrected chi connectivity index (χ1v) is 5.89. The number of esters is 1. The third-order valence-electron chi connectivity index (χ3n) is 2.72. The molecule has 0 atom stereocenters. The van der Waals surface area contributed by atoms with Crippen LogP contribution in [-0.2, 0) is 11.2 Å². The van der Waals surface area contributed by atoms with Crippen molar-refractivity contribution in [1.82, 2.24) is 0 Å². The maximum Gasteiger partial charge on any atom is 0.335 e. The van der Waals surface area contributed by atoms with E-state index in [0.29, 0.717) is 12.2 Å². The molecule has 96 valence electrons. The molecular formula is C16H14O3. The second kappa shape index (κ2) is 5.87. The number of carbonyl (C=O) groups excluding carboxylic acids is 1. The van der Waals surface area contributed by atoms with Crippen molar-refractivity contribution in [2.75, 3.05) is 0 Å². The summed E-state index contributed by atoms with van der Waals surface area (Å²) in [6.07, 6.45) is 1.62. The van der Waals surface area contributed by atoms with E-state index in [1.807, 2.05) is 24.3 Å². The Morgan fingerprint density at radius 3 is 2.42 bits per heavy atom. The standard InChI is InChI=1S/C16H14O3/c1-2-16(18)19-15-10-6-4-8-13(15)11-12-7-3-5-9-14(12)17/h2-10,17H,1,11H2. The fourth-order valence-corrected chi connectivity index (χ4v) is 1.76. The van der Waals surface area contributed by atoms with Gasteiger partial charge in [-0.1, -0.05) is 43.0 Å². The van der Waals surface area contributed by atoms with E-state index >= 15 is 0 Å². The summed E-state index contributed by atoms with van der Waals surface area (Å²) in [6, 6.07) is 14.3. The predicted octanol–water partition coefficient (Wildman–Crippen LogP) is 3.07. The van der Waals surface area contributed by atoms with Crippen LogP contribution in [0.25, 0.3) is 0 Å². The van der Waals surface area contributed by atoms with Crippen molar-refractivity contribution in [1.29, 1.82) is 0 Å². The first kappa shape index (κ1) is 12.9. The highest BCUT2D eigenvalue weighted by atomic mass is 16.5.